The average Bonchev–Trinajstić information content (AvgIpc) is 2.24. The van der Waals surface area contributed by atoms with Crippen LogP contribution in [-0.2, 0) is 9.59 Å². The van der Waals surface area contributed by atoms with Crippen LogP contribution in [-0.4, -0.2) is 40.9 Å². The van der Waals surface area contributed by atoms with Gasteiger partial charge < -0.3 is 10.0 Å². The van der Waals surface area contributed by atoms with E-state index in [4.69, 9.17) is 5.11 Å². The van der Waals surface area contributed by atoms with Crippen LogP contribution >= 0.6 is 0 Å². The Morgan fingerprint density at radius 1 is 1.28 bits per heavy atom. The highest BCUT2D eigenvalue weighted by molar-refractivity contribution is 5.77. The first-order valence-electron chi connectivity index (χ1n) is 5.96. The summed E-state index contributed by atoms with van der Waals surface area (Å²) in [4.78, 5) is 23.4. The molecule has 0 aromatic heterocycles. The molecule has 0 aliphatic carbocycles. The molecule has 0 aromatic carbocycles. The van der Waals surface area contributed by atoms with E-state index in [2.05, 4.69) is 0 Å². The van der Waals surface area contributed by atoms with Gasteiger partial charge in [-0.3, -0.25) is 9.59 Å². The molecule has 1 amide bonds. The van der Waals surface area contributed by atoms with Gasteiger partial charge in [-0.05, 0) is 18.9 Å². The number of nitrogens with zero attached hydrogens (tertiary/aromatic N) is 1. The fraction of sp³-hybridized carbons (Fsp3) is 0.667. The van der Waals surface area contributed by atoms with Crippen LogP contribution < -0.4 is 0 Å². The Bertz CT molecular complexity index is 342. The lowest BCUT2D eigenvalue weighted by Gasteiger charge is -2.26. The lowest BCUT2D eigenvalue weighted by atomic mass is 10.1. The van der Waals surface area contributed by atoms with Crippen LogP contribution in [0.4, 0.5) is 8.78 Å². The summed E-state index contributed by atoms with van der Waals surface area (Å²) in [7, 11) is 0. The van der Waals surface area contributed by atoms with Crippen molar-refractivity contribution in [2.75, 3.05) is 13.1 Å². The molecule has 0 radical (unpaired) electrons. The number of aliphatic carboxylic acids is 1. The third-order valence-corrected chi connectivity index (χ3v) is 2.78. The van der Waals surface area contributed by atoms with E-state index in [1.54, 1.807) is 0 Å². The fourth-order valence-electron chi connectivity index (χ4n) is 1.76. The maximum Gasteiger partial charge on any atom is 0.303 e. The molecule has 4 nitrogen and oxygen atoms in total. The Labute approximate surface area is 104 Å². The number of carboxylic acid groups (broad SMARTS) is 1. The standard InChI is InChI=1S/C12H17F2NO3/c13-12(14)6-1-2-8-15(9-7-12)10(16)4-3-5-11(17)18/h1,6H,2-5,7-9H2,(H,17,18)/b6-1-. The summed E-state index contributed by atoms with van der Waals surface area (Å²) in [6, 6.07) is 0. The lowest BCUT2D eigenvalue weighted by molar-refractivity contribution is -0.137. The van der Waals surface area contributed by atoms with Crippen molar-refractivity contribution in [1.29, 1.82) is 0 Å². The second-order valence-corrected chi connectivity index (χ2v) is 4.33. The second kappa shape index (κ2) is 6.47. The van der Waals surface area contributed by atoms with Crippen molar-refractivity contribution >= 4 is 11.9 Å². The van der Waals surface area contributed by atoms with Crippen molar-refractivity contribution in [3.63, 3.8) is 0 Å². The maximum absolute atomic E-state index is 13.1. The number of amides is 1. The zero-order chi connectivity index (χ0) is 13.6. The number of hydrogen-bond acceptors (Lipinski definition) is 2. The molecule has 102 valence electrons. The van der Waals surface area contributed by atoms with Crippen molar-refractivity contribution in [3.8, 4) is 0 Å². The first-order chi connectivity index (χ1) is 8.41. The second-order valence-electron chi connectivity index (χ2n) is 4.33. The van der Waals surface area contributed by atoms with E-state index in [0.29, 0.717) is 13.0 Å². The highest BCUT2D eigenvalue weighted by Crippen LogP contribution is 2.23. The Hall–Kier alpha value is -1.46. The zero-order valence-electron chi connectivity index (χ0n) is 10.1. The maximum atomic E-state index is 13.1. The van der Waals surface area contributed by atoms with Gasteiger partial charge in [0.2, 0.25) is 5.91 Å². The molecule has 1 heterocycles. The molecule has 6 heteroatoms. The van der Waals surface area contributed by atoms with E-state index in [1.807, 2.05) is 0 Å². The van der Waals surface area contributed by atoms with E-state index in [9.17, 15) is 18.4 Å². The van der Waals surface area contributed by atoms with Crippen LogP contribution in [0.3, 0.4) is 0 Å². The Morgan fingerprint density at radius 3 is 2.67 bits per heavy atom. The van der Waals surface area contributed by atoms with Gasteiger partial charge in [0.15, 0.2) is 0 Å². The largest absolute Gasteiger partial charge is 0.481 e. The number of carboxylic acids is 1. The molecule has 0 aromatic rings. The summed E-state index contributed by atoms with van der Waals surface area (Å²) in [5.74, 6) is -4.06. The van der Waals surface area contributed by atoms with Crippen molar-refractivity contribution in [2.24, 2.45) is 0 Å². The molecule has 1 rings (SSSR count). The van der Waals surface area contributed by atoms with Crippen molar-refractivity contribution in [2.45, 2.75) is 38.0 Å². The van der Waals surface area contributed by atoms with Crippen LogP contribution in [0, 0.1) is 0 Å². The minimum absolute atomic E-state index is 0.0171. The summed E-state index contributed by atoms with van der Waals surface area (Å²) < 4.78 is 26.3. The molecule has 0 saturated carbocycles. The van der Waals surface area contributed by atoms with Crippen LogP contribution in [0.1, 0.15) is 32.1 Å². The monoisotopic (exact) mass is 261 g/mol. The number of halogens is 2. The van der Waals surface area contributed by atoms with E-state index in [0.717, 1.165) is 6.08 Å². The van der Waals surface area contributed by atoms with Crippen molar-refractivity contribution in [1.82, 2.24) is 4.90 Å². The van der Waals surface area contributed by atoms with Gasteiger partial charge >= 0.3 is 5.97 Å². The molecule has 0 atom stereocenters. The van der Waals surface area contributed by atoms with Crippen molar-refractivity contribution < 1.29 is 23.5 Å². The number of allylic oxidation sites excluding steroid dienone is 1. The zero-order valence-corrected chi connectivity index (χ0v) is 10.1. The van der Waals surface area contributed by atoms with Crippen LogP contribution in [0.25, 0.3) is 0 Å². The van der Waals surface area contributed by atoms with Gasteiger partial charge in [0.25, 0.3) is 5.92 Å². The molecule has 1 N–H and O–H groups in total. The highest BCUT2D eigenvalue weighted by Gasteiger charge is 2.28. The first-order valence-corrected chi connectivity index (χ1v) is 5.96. The van der Waals surface area contributed by atoms with Gasteiger partial charge in [-0.15, -0.1) is 0 Å². The van der Waals surface area contributed by atoms with Crippen LogP contribution in [0.2, 0.25) is 0 Å². The molecule has 0 fully saturated rings. The smallest absolute Gasteiger partial charge is 0.303 e. The van der Waals surface area contributed by atoms with Crippen LogP contribution in [0.15, 0.2) is 12.2 Å². The topological polar surface area (TPSA) is 57.6 Å². The molecule has 0 spiro atoms. The minimum Gasteiger partial charge on any atom is -0.481 e. The van der Waals surface area contributed by atoms with Crippen LogP contribution in [0.5, 0.6) is 0 Å². The number of hydrogen-bond donors (Lipinski definition) is 1. The van der Waals surface area contributed by atoms with E-state index >= 15 is 0 Å². The van der Waals surface area contributed by atoms with Gasteiger partial charge in [-0.25, -0.2) is 8.78 Å². The number of rotatable bonds is 4. The summed E-state index contributed by atoms with van der Waals surface area (Å²) in [5.41, 5.74) is 0. The van der Waals surface area contributed by atoms with E-state index < -0.39 is 11.9 Å². The third kappa shape index (κ3) is 5.25. The molecule has 0 unspecified atom stereocenters. The van der Waals surface area contributed by atoms with Crippen molar-refractivity contribution in [3.05, 3.63) is 12.2 Å². The number of carbonyl (C=O) groups is 2. The molecule has 18 heavy (non-hydrogen) atoms. The predicted octanol–water partition coefficient (Wildman–Crippen LogP) is 2.06. The van der Waals surface area contributed by atoms with Gasteiger partial charge in [-0.2, -0.15) is 0 Å². The summed E-state index contributed by atoms with van der Waals surface area (Å²) >= 11 is 0. The predicted molar refractivity (Wildman–Crippen MR) is 61.4 cm³/mol. The Morgan fingerprint density at radius 2 is 2.00 bits per heavy atom. The highest BCUT2D eigenvalue weighted by atomic mass is 19.3. The molecule has 0 saturated heterocycles. The Kier molecular flexibility index (Phi) is 5.25. The first kappa shape index (κ1) is 14.6. The molecular formula is C12H17F2NO3. The molecule has 1 aliphatic rings. The third-order valence-electron chi connectivity index (χ3n) is 2.78. The van der Waals surface area contributed by atoms with E-state index in [-0.39, 0.29) is 38.1 Å². The normalized spacial score (nSPS) is 20.9. The van der Waals surface area contributed by atoms with Gasteiger partial charge in [0, 0.05) is 32.4 Å². The molecule has 0 bridgehead atoms. The number of carbonyl (C=O) groups excluding carboxylic acids is 1. The average molecular weight is 261 g/mol. The van der Waals surface area contributed by atoms with Gasteiger partial charge in [-0.1, -0.05) is 6.08 Å². The number of alkyl halides is 2. The van der Waals surface area contributed by atoms with Gasteiger partial charge in [0.1, 0.15) is 0 Å². The molecule has 1 aliphatic heterocycles. The lowest BCUT2D eigenvalue weighted by Crippen LogP contribution is -2.36. The summed E-state index contributed by atoms with van der Waals surface area (Å²) in [6.07, 6.45) is 2.57. The summed E-state index contributed by atoms with van der Waals surface area (Å²) in [6.45, 7) is 0.432. The minimum atomic E-state index is -2.86. The van der Waals surface area contributed by atoms with E-state index in [1.165, 1.54) is 11.0 Å². The molecular weight excluding hydrogens is 244 g/mol. The van der Waals surface area contributed by atoms with Gasteiger partial charge in [0.05, 0.1) is 0 Å². The fourth-order valence-corrected chi connectivity index (χ4v) is 1.76. The SMILES string of the molecule is O=C(O)CCCC(=O)N1CC/C=C\C(F)(F)CC1. The summed E-state index contributed by atoms with van der Waals surface area (Å²) in [5, 5.41) is 8.45. The Balaban J connectivity index is 2.43. The quantitative estimate of drug-likeness (QED) is 0.788.